The molecule has 1 N–H and O–H groups in total. The number of fused-ring (bicyclic) bond motifs is 6. The highest BCUT2D eigenvalue weighted by molar-refractivity contribution is 6.10. The second-order valence-electron chi connectivity index (χ2n) is 8.66. The van der Waals surface area contributed by atoms with Gasteiger partial charge in [0.15, 0.2) is 0 Å². The van der Waals surface area contributed by atoms with Crippen molar-refractivity contribution in [3.05, 3.63) is 102 Å². The fourth-order valence-electron chi connectivity index (χ4n) is 5.62. The van der Waals surface area contributed by atoms with Gasteiger partial charge >= 0.3 is 0 Å². The number of piperidine rings is 3. The topological polar surface area (TPSA) is 23.5 Å². The third-order valence-corrected chi connectivity index (χ3v) is 7.12. The molecule has 0 saturated carbocycles. The van der Waals surface area contributed by atoms with Gasteiger partial charge in [-0.25, -0.2) is 0 Å². The Kier molecular flexibility index (Phi) is 3.97. The van der Waals surface area contributed by atoms with Crippen molar-refractivity contribution in [2.75, 3.05) is 13.1 Å². The average molecular weight is 392 g/mol. The number of benzene rings is 4. The van der Waals surface area contributed by atoms with Crippen LogP contribution in [-0.2, 0) is 5.60 Å². The van der Waals surface area contributed by atoms with Crippen molar-refractivity contribution in [3.8, 4) is 0 Å². The van der Waals surface area contributed by atoms with Gasteiger partial charge in [0.05, 0.1) is 5.70 Å². The first kappa shape index (κ1) is 17.7. The van der Waals surface area contributed by atoms with Crippen molar-refractivity contribution in [3.63, 3.8) is 0 Å². The van der Waals surface area contributed by atoms with Gasteiger partial charge < -0.3 is 10.0 Å². The fourth-order valence-corrected chi connectivity index (χ4v) is 5.62. The number of aliphatic hydroxyl groups is 1. The van der Waals surface area contributed by atoms with Crippen LogP contribution in [0.15, 0.2) is 90.6 Å². The van der Waals surface area contributed by atoms with E-state index in [9.17, 15) is 5.11 Å². The molecule has 2 heteroatoms. The highest BCUT2D eigenvalue weighted by Crippen LogP contribution is 2.50. The zero-order valence-electron chi connectivity index (χ0n) is 17.0. The van der Waals surface area contributed by atoms with Crippen LogP contribution in [0, 0.1) is 5.92 Å². The molecular formula is C28H25NO. The van der Waals surface area contributed by atoms with E-state index < -0.39 is 5.60 Å². The van der Waals surface area contributed by atoms with Crippen LogP contribution in [0.2, 0.25) is 0 Å². The van der Waals surface area contributed by atoms with Gasteiger partial charge in [0.1, 0.15) is 5.60 Å². The van der Waals surface area contributed by atoms with E-state index in [0.29, 0.717) is 0 Å². The summed E-state index contributed by atoms with van der Waals surface area (Å²) in [4.78, 5) is 2.40. The molecule has 2 bridgehead atoms. The Morgan fingerprint density at radius 2 is 1.40 bits per heavy atom. The first-order chi connectivity index (χ1) is 14.7. The molecule has 3 aliphatic heterocycles. The van der Waals surface area contributed by atoms with Gasteiger partial charge in [0, 0.05) is 19.0 Å². The normalized spacial score (nSPS) is 24.8. The number of rotatable bonds is 2. The summed E-state index contributed by atoms with van der Waals surface area (Å²) in [5.74, 6) is 0.267. The molecule has 1 atom stereocenters. The molecule has 0 radical (unpaired) electrons. The molecule has 3 heterocycles. The van der Waals surface area contributed by atoms with Crippen LogP contribution in [-0.4, -0.2) is 23.1 Å². The molecule has 0 aliphatic carbocycles. The summed E-state index contributed by atoms with van der Waals surface area (Å²) in [6.07, 6.45) is 4.34. The Hall–Kier alpha value is -3.10. The van der Waals surface area contributed by atoms with Gasteiger partial charge in [-0.2, -0.15) is 0 Å². The summed E-state index contributed by atoms with van der Waals surface area (Å²) in [5, 5.41) is 17.1. The predicted octanol–water partition coefficient (Wildman–Crippen LogP) is 5.95. The minimum absolute atomic E-state index is 0.267. The Balaban J connectivity index is 1.62. The molecule has 3 aliphatic rings. The molecular weight excluding hydrogens is 366 g/mol. The molecule has 3 fully saturated rings. The maximum absolute atomic E-state index is 12.1. The second-order valence-corrected chi connectivity index (χ2v) is 8.66. The minimum Gasteiger partial charge on any atom is -0.379 e. The zero-order valence-corrected chi connectivity index (χ0v) is 17.0. The molecule has 0 amide bonds. The Bertz CT molecular complexity index is 1270. The predicted molar refractivity (Wildman–Crippen MR) is 124 cm³/mol. The van der Waals surface area contributed by atoms with Crippen molar-refractivity contribution in [2.45, 2.75) is 18.4 Å². The standard InChI is InChI=1S/C28H25NO/c30-28(22-9-2-1-3-10-22)23-14-16-29(17-15-23)27(28)19-21-18-20-8-4-5-11-24(20)26-13-7-6-12-25(21)26/h1-13,18-19,23,30H,14-17H2/b27-19+. The third-order valence-electron chi connectivity index (χ3n) is 7.12. The monoisotopic (exact) mass is 391 g/mol. The molecule has 3 saturated heterocycles. The summed E-state index contributed by atoms with van der Waals surface area (Å²) in [5.41, 5.74) is 2.32. The first-order valence-corrected chi connectivity index (χ1v) is 10.9. The van der Waals surface area contributed by atoms with Crippen molar-refractivity contribution in [2.24, 2.45) is 5.92 Å². The SMILES string of the molecule is OC1(c2ccccc2)/C(=C\c2cc3ccccc3c3ccccc23)N2CCC1CC2. The lowest BCUT2D eigenvalue weighted by Crippen LogP contribution is -2.55. The average Bonchev–Trinajstić information content (AvgIpc) is 2.82. The quantitative estimate of drug-likeness (QED) is 0.427. The van der Waals surface area contributed by atoms with Gasteiger partial charge in [0.2, 0.25) is 0 Å². The van der Waals surface area contributed by atoms with Gasteiger partial charge in [-0.15, -0.1) is 0 Å². The van der Waals surface area contributed by atoms with E-state index in [1.54, 1.807) is 0 Å². The number of hydrogen-bond donors (Lipinski definition) is 1. The van der Waals surface area contributed by atoms with E-state index in [2.05, 4.69) is 77.7 Å². The van der Waals surface area contributed by atoms with Gasteiger partial charge in [-0.1, -0.05) is 78.9 Å². The van der Waals surface area contributed by atoms with E-state index in [-0.39, 0.29) is 5.92 Å². The van der Waals surface area contributed by atoms with Crippen molar-refractivity contribution in [1.29, 1.82) is 0 Å². The summed E-state index contributed by atoms with van der Waals surface area (Å²) < 4.78 is 0. The lowest BCUT2D eigenvalue weighted by atomic mass is 9.69. The van der Waals surface area contributed by atoms with Crippen LogP contribution in [0.4, 0.5) is 0 Å². The highest BCUT2D eigenvalue weighted by Gasteiger charge is 2.50. The summed E-state index contributed by atoms with van der Waals surface area (Å²) in [6.45, 7) is 2.05. The molecule has 148 valence electrons. The molecule has 4 aromatic rings. The van der Waals surface area contributed by atoms with Crippen LogP contribution in [0.5, 0.6) is 0 Å². The van der Waals surface area contributed by atoms with Gasteiger partial charge in [-0.05, 0) is 57.7 Å². The largest absolute Gasteiger partial charge is 0.379 e. The van der Waals surface area contributed by atoms with E-state index in [1.165, 1.54) is 27.1 Å². The van der Waals surface area contributed by atoms with Crippen LogP contribution in [0.3, 0.4) is 0 Å². The molecule has 0 aromatic heterocycles. The minimum atomic E-state index is -0.926. The molecule has 30 heavy (non-hydrogen) atoms. The van der Waals surface area contributed by atoms with E-state index in [1.807, 2.05) is 18.2 Å². The second kappa shape index (κ2) is 6.72. The van der Waals surface area contributed by atoms with Crippen LogP contribution >= 0.6 is 0 Å². The Morgan fingerprint density at radius 3 is 2.17 bits per heavy atom. The van der Waals surface area contributed by atoms with Gasteiger partial charge in [0.25, 0.3) is 0 Å². The van der Waals surface area contributed by atoms with Crippen LogP contribution in [0.1, 0.15) is 24.0 Å². The van der Waals surface area contributed by atoms with Crippen LogP contribution < -0.4 is 0 Å². The Morgan fingerprint density at radius 1 is 0.767 bits per heavy atom. The zero-order chi connectivity index (χ0) is 20.1. The van der Waals surface area contributed by atoms with Crippen molar-refractivity contribution < 1.29 is 5.11 Å². The number of hydrogen-bond acceptors (Lipinski definition) is 2. The first-order valence-electron chi connectivity index (χ1n) is 10.9. The van der Waals surface area contributed by atoms with Gasteiger partial charge in [-0.3, -0.25) is 0 Å². The van der Waals surface area contributed by atoms with Crippen molar-refractivity contribution >= 4 is 27.6 Å². The van der Waals surface area contributed by atoms with E-state index >= 15 is 0 Å². The molecule has 2 nitrogen and oxygen atoms in total. The lowest BCUT2D eigenvalue weighted by Gasteiger charge is -2.53. The fraction of sp³-hybridized carbons (Fsp3) is 0.214. The number of nitrogens with zero attached hydrogens (tertiary/aromatic N) is 1. The lowest BCUT2D eigenvalue weighted by molar-refractivity contribution is -0.0750. The molecule has 0 spiro atoms. The summed E-state index contributed by atoms with van der Waals surface area (Å²) >= 11 is 0. The smallest absolute Gasteiger partial charge is 0.132 e. The maximum atomic E-state index is 12.1. The summed E-state index contributed by atoms with van der Waals surface area (Å²) in [6, 6.07) is 29.7. The summed E-state index contributed by atoms with van der Waals surface area (Å²) in [7, 11) is 0. The Labute approximate surface area is 177 Å². The van der Waals surface area contributed by atoms with E-state index in [4.69, 9.17) is 0 Å². The molecule has 7 rings (SSSR count). The highest BCUT2D eigenvalue weighted by atomic mass is 16.3. The third kappa shape index (κ3) is 2.54. The molecule has 1 unspecified atom stereocenters. The maximum Gasteiger partial charge on any atom is 0.132 e. The van der Waals surface area contributed by atoms with Crippen LogP contribution in [0.25, 0.3) is 27.6 Å². The molecule has 4 aromatic carbocycles. The van der Waals surface area contributed by atoms with Crippen molar-refractivity contribution in [1.82, 2.24) is 4.90 Å². The van der Waals surface area contributed by atoms with E-state index in [0.717, 1.165) is 37.2 Å².